The molecule has 224 valence electrons. The maximum Gasteiger partial charge on any atom is 0.330 e. The number of nitrogens with one attached hydrogen (secondary N) is 1. The topological polar surface area (TPSA) is 120 Å². The third-order valence-corrected chi connectivity index (χ3v) is 13.0. The van der Waals surface area contributed by atoms with Gasteiger partial charge in [-0.05, 0) is 49.5 Å². The monoisotopic (exact) mass is 585 g/mol. The number of carbonyl (C=O) groups excluding carboxylic acids is 2. The summed E-state index contributed by atoms with van der Waals surface area (Å²) >= 11 is 0. The van der Waals surface area contributed by atoms with Gasteiger partial charge >= 0.3 is 5.69 Å². The number of ether oxygens (including phenoxy) is 2. The number of hydrogen-bond acceptors (Lipinski definition) is 7. The fourth-order valence-electron chi connectivity index (χ4n) is 5.12. The molecule has 1 aromatic heterocycles. The number of benzene rings is 1. The Kier molecular flexibility index (Phi) is 9.52. The smallest absolute Gasteiger partial charge is 0.330 e. The molecule has 1 aromatic carbocycles. The van der Waals surface area contributed by atoms with Crippen LogP contribution in [0.5, 0.6) is 0 Å². The van der Waals surface area contributed by atoms with E-state index in [0.717, 1.165) is 25.7 Å². The molecule has 4 atom stereocenters. The highest BCUT2D eigenvalue weighted by molar-refractivity contribution is 6.74. The van der Waals surface area contributed by atoms with Gasteiger partial charge in [-0.1, -0.05) is 52.7 Å². The van der Waals surface area contributed by atoms with Crippen molar-refractivity contribution < 1.29 is 23.5 Å². The van der Waals surface area contributed by atoms with Gasteiger partial charge in [0.15, 0.2) is 14.5 Å². The van der Waals surface area contributed by atoms with Crippen molar-refractivity contribution >= 4 is 20.1 Å². The fraction of sp³-hybridized carbons (Fsp3) is 0.600. The summed E-state index contributed by atoms with van der Waals surface area (Å²) in [5, 5.41) is -0.0676. The van der Waals surface area contributed by atoms with Crippen molar-refractivity contribution in [3.05, 3.63) is 68.5 Å². The van der Waals surface area contributed by atoms with Gasteiger partial charge in [-0.3, -0.25) is 28.8 Å². The van der Waals surface area contributed by atoms with Crippen molar-refractivity contribution in [2.24, 2.45) is 0 Å². The Hall–Kier alpha value is -2.86. The standard InChI is InChI=1S/C30H43N3O7Si/c1-7-22-24(38-19-13-9-8-12-17-32-26(35)20-14-10-11-15-21(20)27(32)36)25(40-41(5,6)30(2,3)4)28(39-22)33-18-16-23(34)31-29(33)37/h10-11,14-16,18,22,24-25,28H,7-9,12-13,17,19H2,1-6H3,(H,31,34,37)/t22-,24?,25+,28-/m1/s1. The van der Waals surface area contributed by atoms with E-state index in [1.54, 1.807) is 24.3 Å². The first-order valence-corrected chi connectivity index (χ1v) is 17.5. The highest BCUT2D eigenvalue weighted by Gasteiger charge is 2.51. The molecule has 11 heteroatoms. The molecule has 1 N–H and O–H groups in total. The molecular formula is C30H43N3O7Si. The van der Waals surface area contributed by atoms with Crippen LogP contribution in [0.3, 0.4) is 0 Å². The van der Waals surface area contributed by atoms with E-state index in [9.17, 15) is 19.2 Å². The third-order valence-electron chi connectivity index (χ3n) is 8.51. The normalized spacial score (nSPS) is 22.9. The first-order valence-electron chi connectivity index (χ1n) is 14.6. The second-order valence-electron chi connectivity index (χ2n) is 12.4. The van der Waals surface area contributed by atoms with Crippen LogP contribution in [0.1, 0.15) is 86.7 Å². The van der Waals surface area contributed by atoms with E-state index in [2.05, 4.69) is 38.8 Å². The minimum atomic E-state index is -2.28. The van der Waals surface area contributed by atoms with Crippen molar-refractivity contribution in [3.63, 3.8) is 0 Å². The number of carbonyl (C=O) groups is 2. The van der Waals surface area contributed by atoms with Crippen LogP contribution in [0.2, 0.25) is 18.1 Å². The molecule has 3 heterocycles. The fourth-order valence-corrected chi connectivity index (χ4v) is 6.40. The zero-order valence-electron chi connectivity index (χ0n) is 25.0. The van der Waals surface area contributed by atoms with Gasteiger partial charge in [0.25, 0.3) is 17.4 Å². The van der Waals surface area contributed by atoms with Crippen LogP contribution in [-0.4, -0.2) is 66.0 Å². The van der Waals surface area contributed by atoms with Crippen LogP contribution in [0.15, 0.2) is 46.1 Å². The van der Waals surface area contributed by atoms with Gasteiger partial charge in [0.05, 0.1) is 17.2 Å². The molecule has 0 saturated carbocycles. The first kappa shape index (κ1) is 31.1. The maximum atomic E-state index is 12.7. The lowest BCUT2D eigenvalue weighted by atomic mass is 10.1. The number of fused-ring (bicyclic) bond motifs is 1. The van der Waals surface area contributed by atoms with Crippen molar-refractivity contribution in [3.8, 4) is 0 Å². The molecule has 41 heavy (non-hydrogen) atoms. The Morgan fingerprint density at radius 2 is 1.56 bits per heavy atom. The maximum absolute atomic E-state index is 12.7. The van der Waals surface area contributed by atoms with Crippen LogP contribution in [-0.2, 0) is 13.9 Å². The summed E-state index contributed by atoms with van der Waals surface area (Å²) in [6.07, 6.45) is 3.50. The van der Waals surface area contributed by atoms with E-state index < -0.39 is 31.9 Å². The SMILES string of the molecule is CC[C@H]1O[C@@H](n2ccc(=O)[nH]c2=O)[C@@H](O[Si](C)(C)C(C)(C)C)C1OCCCCCCN1C(=O)c2ccccc2C1=O. The second kappa shape index (κ2) is 12.6. The minimum absolute atomic E-state index is 0.0676. The number of unbranched alkanes of at least 4 members (excludes halogenated alkanes) is 3. The van der Waals surface area contributed by atoms with Gasteiger partial charge in [0.1, 0.15) is 12.2 Å². The molecule has 0 aliphatic carbocycles. The lowest BCUT2D eigenvalue weighted by Gasteiger charge is -2.40. The van der Waals surface area contributed by atoms with Gasteiger partial charge in [0.2, 0.25) is 0 Å². The molecule has 2 amide bonds. The Labute approximate surface area is 242 Å². The van der Waals surface area contributed by atoms with Crippen LogP contribution < -0.4 is 11.2 Å². The van der Waals surface area contributed by atoms with Gasteiger partial charge in [-0.15, -0.1) is 0 Å². The molecule has 2 aliphatic rings. The molecule has 0 bridgehead atoms. The number of amides is 2. The summed E-state index contributed by atoms with van der Waals surface area (Å²) in [5.41, 5.74) is -0.0482. The largest absolute Gasteiger partial charge is 0.407 e. The second-order valence-corrected chi connectivity index (χ2v) is 17.1. The van der Waals surface area contributed by atoms with Crippen LogP contribution in [0.4, 0.5) is 0 Å². The molecule has 4 rings (SSSR count). The summed E-state index contributed by atoms with van der Waals surface area (Å²) in [6, 6.07) is 8.25. The van der Waals surface area contributed by atoms with E-state index in [-0.39, 0.29) is 29.1 Å². The number of nitrogens with zero attached hydrogens (tertiary/aromatic N) is 2. The quantitative estimate of drug-likeness (QED) is 0.222. The average Bonchev–Trinajstić information content (AvgIpc) is 3.36. The van der Waals surface area contributed by atoms with Gasteiger partial charge in [-0.25, -0.2) is 4.79 Å². The lowest BCUT2D eigenvalue weighted by molar-refractivity contribution is -0.0411. The summed E-state index contributed by atoms with van der Waals surface area (Å²) in [7, 11) is -2.28. The van der Waals surface area contributed by atoms with Crippen LogP contribution in [0, 0.1) is 0 Å². The van der Waals surface area contributed by atoms with Crippen molar-refractivity contribution in [2.75, 3.05) is 13.2 Å². The Balaban J connectivity index is 1.35. The summed E-state index contributed by atoms with van der Waals surface area (Å²) < 4.78 is 21.0. The highest BCUT2D eigenvalue weighted by atomic mass is 28.4. The Bertz CT molecular complexity index is 1330. The molecule has 1 fully saturated rings. The number of aromatic nitrogens is 2. The number of aromatic amines is 1. The predicted octanol–water partition coefficient (Wildman–Crippen LogP) is 4.48. The summed E-state index contributed by atoms with van der Waals surface area (Å²) in [6.45, 7) is 13.7. The van der Waals surface area contributed by atoms with E-state index in [1.165, 1.54) is 21.7 Å². The molecule has 10 nitrogen and oxygen atoms in total. The summed E-state index contributed by atoms with van der Waals surface area (Å²) in [4.78, 5) is 53.2. The molecule has 2 aliphatic heterocycles. The van der Waals surface area contributed by atoms with Crippen molar-refractivity contribution in [1.29, 1.82) is 0 Å². The number of hydrogen-bond donors (Lipinski definition) is 1. The van der Waals surface area contributed by atoms with Crippen LogP contribution >= 0.6 is 0 Å². The third kappa shape index (κ3) is 6.63. The van der Waals surface area contributed by atoms with Gasteiger partial charge in [0, 0.05) is 25.4 Å². The number of H-pyrrole nitrogens is 1. The average molecular weight is 586 g/mol. The molecule has 0 radical (unpaired) electrons. The Morgan fingerprint density at radius 1 is 0.927 bits per heavy atom. The van der Waals surface area contributed by atoms with E-state index in [0.29, 0.717) is 30.7 Å². The zero-order valence-corrected chi connectivity index (χ0v) is 26.0. The van der Waals surface area contributed by atoms with E-state index >= 15 is 0 Å². The van der Waals surface area contributed by atoms with E-state index in [4.69, 9.17) is 13.9 Å². The molecule has 2 aromatic rings. The molecule has 1 saturated heterocycles. The molecular weight excluding hydrogens is 542 g/mol. The Morgan fingerprint density at radius 3 is 2.15 bits per heavy atom. The number of imide groups is 1. The lowest BCUT2D eigenvalue weighted by Crippen LogP contribution is -2.50. The summed E-state index contributed by atoms with van der Waals surface area (Å²) in [5.74, 6) is -0.436. The van der Waals surface area contributed by atoms with Crippen molar-refractivity contribution in [1.82, 2.24) is 14.5 Å². The van der Waals surface area contributed by atoms with Gasteiger partial charge < -0.3 is 13.9 Å². The number of rotatable bonds is 12. The highest BCUT2D eigenvalue weighted by Crippen LogP contribution is 2.42. The van der Waals surface area contributed by atoms with Gasteiger partial charge in [-0.2, -0.15) is 0 Å². The molecule has 0 spiro atoms. The first-order chi connectivity index (χ1) is 19.4. The van der Waals surface area contributed by atoms with E-state index in [1.807, 2.05) is 6.92 Å². The zero-order chi connectivity index (χ0) is 29.9. The molecule has 1 unspecified atom stereocenters. The predicted molar refractivity (Wildman–Crippen MR) is 158 cm³/mol. The van der Waals surface area contributed by atoms with Crippen LogP contribution in [0.25, 0.3) is 0 Å². The van der Waals surface area contributed by atoms with Crippen molar-refractivity contribution in [2.45, 2.75) is 102 Å². The minimum Gasteiger partial charge on any atom is -0.407 e.